The molecular formula is C32H33N3O4S. The third kappa shape index (κ3) is 4.62. The fourth-order valence-corrected chi connectivity index (χ4v) is 6.35. The predicted molar refractivity (Wildman–Crippen MR) is 158 cm³/mol. The molecule has 8 heteroatoms. The predicted octanol–water partition coefficient (Wildman–Crippen LogP) is 4.83. The van der Waals surface area contributed by atoms with Crippen molar-refractivity contribution in [2.45, 2.75) is 47.6 Å². The molecule has 0 amide bonds. The van der Waals surface area contributed by atoms with E-state index in [-0.39, 0.29) is 12.2 Å². The van der Waals surface area contributed by atoms with Crippen LogP contribution in [0.25, 0.3) is 11.8 Å². The first-order chi connectivity index (χ1) is 19.2. The molecule has 0 aliphatic carbocycles. The molecule has 0 N–H and O–H groups in total. The van der Waals surface area contributed by atoms with E-state index in [1.165, 1.54) is 22.5 Å². The average Bonchev–Trinajstić information content (AvgIpc) is 3.38. The highest BCUT2D eigenvalue weighted by Gasteiger charge is 2.35. The number of para-hydroxylation sites is 1. The van der Waals surface area contributed by atoms with Gasteiger partial charge in [-0.15, -0.1) is 0 Å². The minimum Gasteiger partial charge on any atom is -0.496 e. The summed E-state index contributed by atoms with van der Waals surface area (Å²) in [6.07, 6.45) is 1.92. The van der Waals surface area contributed by atoms with Gasteiger partial charge < -0.3 is 14.0 Å². The van der Waals surface area contributed by atoms with Crippen LogP contribution in [0.3, 0.4) is 0 Å². The van der Waals surface area contributed by atoms with E-state index in [2.05, 4.69) is 61.5 Å². The van der Waals surface area contributed by atoms with Crippen LogP contribution in [0.1, 0.15) is 53.5 Å². The molecule has 1 aliphatic rings. The van der Waals surface area contributed by atoms with Gasteiger partial charge in [0.15, 0.2) is 4.80 Å². The largest absolute Gasteiger partial charge is 0.496 e. The van der Waals surface area contributed by atoms with Gasteiger partial charge in [-0.05, 0) is 88.6 Å². The molecule has 2 aromatic carbocycles. The fraction of sp³-hybridized carbons (Fsp3) is 0.281. The topological polar surface area (TPSA) is 74.8 Å². The zero-order chi connectivity index (χ0) is 28.7. The first-order valence-corrected chi connectivity index (χ1v) is 14.1. The van der Waals surface area contributed by atoms with E-state index < -0.39 is 12.0 Å². The Labute approximate surface area is 237 Å². The second kappa shape index (κ2) is 10.8. The lowest BCUT2D eigenvalue weighted by atomic mass is 9.95. The van der Waals surface area contributed by atoms with E-state index >= 15 is 0 Å². The van der Waals surface area contributed by atoms with Crippen LogP contribution < -0.4 is 19.6 Å². The van der Waals surface area contributed by atoms with Crippen LogP contribution in [0.5, 0.6) is 5.75 Å². The van der Waals surface area contributed by atoms with Crippen LogP contribution >= 0.6 is 11.3 Å². The van der Waals surface area contributed by atoms with Crippen molar-refractivity contribution in [2.24, 2.45) is 4.99 Å². The lowest BCUT2D eigenvalue weighted by molar-refractivity contribution is -0.139. The first-order valence-electron chi connectivity index (χ1n) is 13.2. The van der Waals surface area contributed by atoms with Crippen molar-refractivity contribution in [1.82, 2.24) is 9.13 Å². The van der Waals surface area contributed by atoms with Crippen molar-refractivity contribution in [3.63, 3.8) is 0 Å². The highest BCUT2D eigenvalue weighted by atomic mass is 32.1. The van der Waals surface area contributed by atoms with Gasteiger partial charge in [-0.25, -0.2) is 9.79 Å². The number of methoxy groups -OCH3 is 1. The van der Waals surface area contributed by atoms with Crippen molar-refractivity contribution >= 4 is 23.4 Å². The molecule has 0 radical (unpaired) electrons. The van der Waals surface area contributed by atoms with Gasteiger partial charge >= 0.3 is 5.97 Å². The van der Waals surface area contributed by atoms with Gasteiger partial charge in [0.05, 0.1) is 29.5 Å². The summed E-state index contributed by atoms with van der Waals surface area (Å²) in [6, 6.07) is 15.2. The van der Waals surface area contributed by atoms with Gasteiger partial charge in [0.25, 0.3) is 5.56 Å². The van der Waals surface area contributed by atoms with Gasteiger partial charge in [-0.2, -0.15) is 0 Å². The molecule has 1 aliphatic heterocycles. The highest BCUT2D eigenvalue weighted by molar-refractivity contribution is 7.07. The lowest BCUT2D eigenvalue weighted by Gasteiger charge is -2.25. The van der Waals surface area contributed by atoms with Gasteiger partial charge in [-0.1, -0.05) is 35.6 Å². The number of hydrogen-bond donors (Lipinski definition) is 0. The van der Waals surface area contributed by atoms with Gasteiger partial charge in [-0.3, -0.25) is 9.36 Å². The molecule has 0 fully saturated rings. The molecule has 7 nitrogen and oxygen atoms in total. The Morgan fingerprint density at radius 2 is 1.80 bits per heavy atom. The molecule has 4 aromatic rings. The zero-order valence-electron chi connectivity index (χ0n) is 23.9. The number of ether oxygens (including phenoxy) is 2. The number of fused-ring (bicyclic) bond motifs is 1. The summed E-state index contributed by atoms with van der Waals surface area (Å²) in [7, 11) is 1.58. The molecule has 3 heterocycles. The van der Waals surface area contributed by atoms with Crippen LogP contribution in [-0.4, -0.2) is 28.8 Å². The number of aryl methyl sites for hydroxylation is 3. The Balaban J connectivity index is 1.71. The maximum absolute atomic E-state index is 14.0. The molecule has 0 unspecified atom stereocenters. The molecule has 5 rings (SSSR count). The summed E-state index contributed by atoms with van der Waals surface area (Å²) in [5.41, 5.74) is 7.96. The fourth-order valence-electron chi connectivity index (χ4n) is 5.32. The van der Waals surface area contributed by atoms with Crippen molar-refractivity contribution in [1.29, 1.82) is 0 Å². The van der Waals surface area contributed by atoms with Crippen LogP contribution in [0.4, 0.5) is 0 Å². The number of nitrogens with zero attached hydrogens (tertiary/aromatic N) is 3. The summed E-state index contributed by atoms with van der Waals surface area (Å²) >= 11 is 1.32. The number of hydrogen-bond acceptors (Lipinski definition) is 6. The second-order valence-electron chi connectivity index (χ2n) is 9.97. The summed E-state index contributed by atoms with van der Waals surface area (Å²) in [5.74, 6) is 0.0846. The number of aromatic nitrogens is 2. The van der Waals surface area contributed by atoms with Crippen LogP contribution in [0, 0.1) is 27.7 Å². The lowest BCUT2D eigenvalue weighted by Crippen LogP contribution is -2.40. The number of allylic oxidation sites excluding steroid dienone is 1. The minimum atomic E-state index is -0.725. The van der Waals surface area contributed by atoms with Crippen molar-refractivity contribution in [3.8, 4) is 11.4 Å². The van der Waals surface area contributed by atoms with Gasteiger partial charge in [0.2, 0.25) is 0 Å². The van der Waals surface area contributed by atoms with Crippen molar-refractivity contribution < 1.29 is 14.3 Å². The van der Waals surface area contributed by atoms with Gasteiger partial charge in [0, 0.05) is 22.6 Å². The monoisotopic (exact) mass is 555 g/mol. The number of carbonyl (C=O) groups excluding carboxylic acids is 1. The molecule has 206 valence electrons. The summed E-state index contributed by atoms with van der Waals surface area (Å²) in [6.45, 7) is 12.1. The Bertz CT molecular complexity index is 1860. The molecule has 1 atom stereocenters. The normalized spacial score (nSPS) is 15.2. The quantitative estimate of drug-likeness (QED) is 0.320. The first kappa shape index (κ1) is 27.4. The zero-order valence-corrected chi connectivity index (χ0v) is 24.7. The highest BCUT2D eigenvalue weighted by Crippen LogP contribution is 2.35. The molecular weight excluding hydrogens is 522 g/mol. The van der Waals surface area contributed by atoms with Crippen LogP contribution in [-0.2, 0) is 9.53 Å². The van der Waals surface area contributed by atoms with E-state index in [4.69, 9.17) is 9.47 Å². The summed E-state index contributed by atoms with van der Waals surface area (Å²) in [5, 5.41) is 0. The van der Waals surface area contributed by atoms with E-state index in [1.54, 1.807) is 25.5 Å². The Morgan fingerprint density at radius 1 is 1.05 bits per heavy atom. The van der Waals surface area contributed by atoms with Crippen LogP contribution in [0.2, 0.25) is 0 Å². The van der Waals surface area contributed by atoms with E-state index in [0.717, 1.165) is 22.6 Å². The number of rotatable bonds is 6. The van der Waals surface area contributed by atoms with Crippen LogP contribution in [0.15, 0.2) is 69.6 Å². The summed E-state index contributed by atoms with van der Waals surface area (Å²) < 4.78 is 15.4. The maximum atomic E-state index is 14.0. The maximum Gasteiger partial charge on any atom is 0.338 e. The minimum absolute atomic E-state index is 0.217. The summed E-state index contributed by atoms with van der Waals surface area (Å²) in [4.78, 5) is 32.4. The molecule has 2 aromatic heterocycles. The Morgan fingerprint density at radius 3 is 2.50 bits per heavy atom. The van der Waals surface area contributed by atoms with E-state index in [9.17, 15) is 9.59 Å². The number of thiazole rings is 1. The molecule has 0 bridgehead atoms. The standard InChI is InChI=1S/C32H33N3O4S/c1-8-39-31(37)28-21(5)33-32-35(29(28)25-11-9-10-12-26(25)38-7)30(36)27(40-32)17-23-16-20(4)34(22(23)6)24-14-13-18(2)19(3)15-24/h9-17,29H,8H2,1-7H3/b27-17+/t29-/m1/s1. The molecule has 0 spiro atoms. The van der Waals surface area contributed by atoms with Crippen molar-refractivity contribution in [3.05, 3.63) is 113 Å². The second-order valence-corrected chi connectivity index (χ2v) is 11.0. The molecule has 0 saturated carbocycles. The number of carbonyl (C=O) groups is 1. The molecule has 0 saturated heterocycles. The number of esters is 1. The average molecular weight is 556 g/mol. The smallest absolute Gasteiger partial charge is 0.338 e. The SMILES string of the molecule is CCOC(=O)C1=C(C)N=c2s/c(=C/c3cc(C)n(-c4ccc(C)c(C)c4)c3C)c(=O)n2[C@@H]1c1ccccc1OC. The molecule has 40 heavy (non-hydrogen) atoms. The third-order valence-electron chi connectivity index (χ3n) is 7.46. The Kier molecular flexibility index (Phi) is 7.38. The van der Waals surface area contributed by atoms with Gasteiger partial charge in [0.1, 0.15) is 11.8 Å². The van der Waals surface area contributed by atoms with E-state index in [1.807, 2.05) is 30.3 Å². The third-order valence-corrected chi connectivity index (χ3v) is 8.44. The van der Waals surface area contributed by atoms with Crippen molar-refractivity contribution in [2.75, 3.05) is 13.7 Å². The van der Waals surface area contributed by atoms with E-state index in [0.29, 0.717) is 31.9 Å². The number of benzene rings is 2. The Hall–Kier alpha value is -4.17.